The van der Waals surface area contributed by atoms with Crippen molar-refractivity contribution in [3.8, 4) is 5.75 Å². The van der Waals surface area contributed by atoms with Gasteiger partial charge in [0, 0.05) is 18.2 Å². The summed E-state index contributed by atoms with van der Waals surface area (Å²) >= 11 is 0. The molecule has 1 saturated carbocycles. The van der Waals surface area contributed by atoms with Crippen molar-refractivity contribution in [2.24, 2.45) is 0 Å². The van der Waals surface area contributed by atoms with Crippen LogP contribution in [0.3, 0.4) is 0 Å². The molecule has 0 radical (unpaired) electrons. The predicted octanol–water partition coefficient (Wildman–Crippen LogP) is 1.42. The van der Waals surface area contributed by atoms with Crippen molar-refractivity contribution in [2.75, 3.05) is 19.7 Å². The maximum atomic E-state index is 12.1. The zero-order chi connectivity index (χ0) is 13.1. The normalized spacial score (nSPS) is 20.7. The molecule has 1 amide bonds. The lowest BCUT2D eigenvalue weighted by atomic mass is 10.0. The molecule has 3 rings (SSSR count). The minimum absolute atomic E-state index is 0.0800. The maximum absolute atomic E-state index is 12.1. The molecule has 0 spiro atoms. The average molecular weight is 260 g/mol. The molecule has 4 nitrogen and oxygen atoms in total. The van der Waals surface area contributed by atoms with E-state index >= 15 is 0 Å². The molecule has 1 aromatic carbocycles. The Labute approximate surface area is 113 Å². The van der Waals surface area contributed by atoms with Crippen LogP contribution in [0.4, 0.5) is 0 Å². The third-order valence-corrected chi connectivity index (χ3v) is 3.68. The highest BCUT2D eigenvalue weighted by Crippen LogP contribution is 2.33. The summed E-state index contributed by atoms with van der Waals surface area (Å²) in [6.07, 6.45) is 3.60. The van der Waals surface area contributed by atoms with Crippen LogP contribution in [0.25, 0.3) is 0 Å². The third-order valence-electron chi connectivity index (χ3n) is 3.68. The minimum Gasteiger partial charge on any atom is -0.492 e. The summed E-state index contributed by atoms with van der Waals surface area (Å²) < 4.78 is 5.53. The van der Waals surface area contributed by atoms with Gasteiger partial charge in [0.25, 0.3) is 0 Å². The van der Waals surface area contributed by atoms with Gasteiger partial charge in [-0.3, -0.25) is 4.79 Å². The second-order valence-corrected chi connectivity index (χ2v) is 5.27. The molecule has 1 atom stereocenters. The van der Waals surface area contributed by atoms with Crippen molar-refractivity contribution >= 4 is 5.91 Å². The molecule has 1 heterocycles. The molecule has 1 aliphatic carbocycles. The van der Waals surface area contributed by atoms with Crippen LogP contribution in [0.1, 0.15) is 30.7 Å². The summed E-state index contributed by atoms with van der Waals surface area (Å²) in [6, 6.07) is 8.52. The van der Waals surface area contributed by atoms with Crippen LogP contribution in [0, 0.1) is 0 Å². The Bertz CT molecular complexity index is 457. The Hall–Kier alpha value is -1.55. The second-order valence-electron chi connectivity index (χ2n) is 5.27. The molecule has 1 fully saturated rings. The standard InChI is InChI=1S/C15H20N2O2/c18-15(17-9-3-8-16-11-6-7-11)13-10-19-14-5-2-1-4-12(13)14/h1-2,4-5,11,13,16H,3,6-10H2,(H,17,18). The molecule has 1 unspecified atom stereocenters. The summed E-state index contributed by atoms with van der Waals surface area (Å²) in [7, 11) is 0. The number of para-hydroxylation sites is 1. The van der Waals surface area contributed by atoms with Gasteiger partial charge in [0.15, 0.2) is 0 Å². The van der Waals surface area contributed by atoms with E-state index < -0.39 is 0 Å². The first-order chi connectivity index (χ1) is 9.34. The van der Waals surface area contributed by atoms with Gasteiger partial charge in [-0.1, -0.05) is 18.2 Å². The lowest BCUT2D eigenvalue weighted by Crippen LogP contribution is -2.32. The van der Waals surface area contributed by atoms with Gasteiger partial charge in [-0.2, -0.15) is 0 Å². The molecule has 1 aliphatic heterocycles. The zero-order valence-electron chi connectivity index (χ0n) is 11.0. The third kappa shape index (κ3) is 3.07. The zero-order valence-corrected chi connectivity index (χ0v) is 11.0. The molecule has 0 saturated heterocycles. The first-order valence-electron chi connectivity index (χ1n) is 7.07. The minimum atomic E-state index is -0.146. The topological polar surface area (TPSA) is 50.4 Å². The Balaban J connectivity index is 1.43. The van der Waals surface area contributed by atoms with Gasteiger partial charge in [0.1, 0.15) is 18.3 Å². The molecule has 102 valence electrons. The molecule has 2 aliphatic rings. The highest BCUT2D eigenvalue weighted by atomic mass is 16.5. The van der Waals surface area contributed by atoms with Crippen molar-refractivity contribution < 1.29 is 9.53 Å². The van der Waals surface area contributed by atoms with E-state index in [4.69, 9.17) is 4.74 Å². The lowest BCUT2D eigenvalue weighted by molar-refractivity contribution is -0.122. The van der Waals surface area contributed by atoms with Gasteiger partial charge in [-0.15, -0.1) is 0 Å². The van der Waals surface area contributed by atoms with Gasteiger partial charge in [0.2, 0.25) is 5.91 Å². The largest absolute Gasteiger partial charge is 0.492 e. The number of hydrogen-bond donors (Lipinski definition) is 2. The molecule has 2 N–H and O–H groups in total. The van der Waals surface area contributed by atoms with Gasteiger partial charge < -0.3 is 15.4 Å². The second kappa shape index (κ2) is 5.61. The van der Waals surface area contributed by atoms with E-state index in [2.05, 4.69) is 10.6 Å². The molecule has 0 aromatic heterocycles. The summed E-state index contributed by atoms with van der Waals surface area (Å²) in [4.78, 5) is 12.1. The molecular weight excluding hydrogens is 240 g/mol. The number of hydrogen-bond acceptors (Lipinski definition) is 3. The molecule has 4 heteroatoms. The fourth-order valence-electron chi connectivity index (χ4n) is 2.40. The highest BCUT2D eigenvalue weighted by Gasteiger charge is 2.29. The first kappa shape index (κ1) is 12.5. The highest BCUT2D eigenvalue weighted by molar-refractivity contribution is 5.85. The van der Waals surface area contributed by atoms with E-state index in [1.807, 2.05) is 24.3 Å². The fourth-order valence-corrected chi connectivity index (χ4v) is 2.40. The first-order valence-corrected chi connectivity index (χ1v) is 7.07. The summed E-state index contributed by atoms with van der Waals surface area (Å²) in [5, 5.41) is 6.44. The number of carbonyl (C=O) groups is 1. The number of ether oxygens (including phenoxy) is 1. The Morgan fingerprint density at radius 3 is 2.95 bits per heavy atom. The van der Waals surface area contributed by atoms with Gasteiger partial charge >= 0.3 is 0 Å². The average Bonchev–Trinajstić information content (AvgIpc) is 3.15. The van der Waals surface area contributed by atoms with Crippen molar-refractivity contribution in [1.82, 2.24) is 10.6 Å². The van der Waals surface area contributed by atoms with Crippen molar-refractivity contribution in [2.45, 2.75) is 31.2 Å². The molecule has 19 heavy (non-hydrogen) atoms. The van der Waals surface area contributed by atoms with Crippen LogP contribution < -0.4 is 15.4 Å². The Kier molecular flexibility index (Phi) is 3.69. The summed E-state index contributed by atoms with van der Waals surface area (Å²) in [6.45, 7) is 2.19. The van der Waals surface area contributed by atoms with Gasteiger partial charge in [-0.05, 0) is 31.9 Å². The van der Waals surface area contributed by atoms with Crippen molar-refractivity contribution in [1.29, 1.82) is 0 Å². The van der Waals surface area contributed by atoms with Crippen molar-refractivity contribution in [3.05, 3.63) is 29.8 Å². The summed E-state index contributed by atoms with van der Waals surface area (Å²) in [5.74, 6) is 0.780. The van der Waals surface area contributed by atoms with Crippen molar-refractivity contribution in [3.63, 3.8) is 0 Å². The summed E-state index contributed by atoms with van der Waals surface area (Å²) in [5.41, 5.74) is 1.01. The Morgan fingerprint density at radius 1 is 1.26 bits per heavy atom. The van der Waals surface area contributed by atoms with E-state index in [1.54, 1.807) is 0 Å². The predicted molar refractivity (Wildman–Crippen MR) is 73.3 cm³/mol. The number of nitrogens with one attached hydrogen (secondary N) is 2. The molecule has 1 aromatic rings. The van der Waals surface area contributed by atoms with Crippen LogP contribution in [0.15, 0.2) is 24.3 Å². The van der Waals surface area contributed by atoms with E-state index in [9.17, 15) is 4.79 Å². The smallest absolute Gasteiger partial charge is 0.231 e. The van der Waals surface area contributed by atoms with E-state index in [0.29, 0.717) is 6.61 Å². The SMILES string of the molecule is O=C(NCCCNC1CC1)C1COc2ccccc21. The van der Waals surface area contributed by atoms with Crippen LogP contribution in [0.2, 0.25) is 0 Å². The Morgan fingerprint density at radius 2 is 2.11 bits per heavy atom. The number of rotatable bonds is 6. The van der Waals surface area contributed by atoms with Crippen LogP contribution in [-0.2, 0) is 4.79 Å². The maximum Gasteiger partial charge on any atom is 0.231 e. The number of fused-ring (bicyclic) bond motifs is 1. The fraction of sp³-hybridized carbons (Fsp3) is 0.533. The van der Waals surface area contributed by atoms with Crippen LogP contribution in [-0.4, -0.2) is 31.6 Å². The lowest BCUT2D eigenvalue weighted by Gasteiger charge is -2.10. The van der Waals surface area contributed by atoms with E-state index in [-0.39, 0.29) is 11.8 Å². The van der Waals surface area contributed by atoms with E-state index in [1.165, 1.54) is 12.8 Å². The van der Waals surface area contributed by atoms with Crippen LogP contribution in [0.5, 0.6) is 5.75 Å². The number of amides is 1. The van der Waals surface area contributed by atoms with Gasteiger partial charge in [-0.25, -0.2) is 0 Å². The quantitative estimate of drug-likeness (QED) is 0.761. The number of benzene rings is 1. The monoisotopic (exact) mass is 260 g/mol. The van der Waals surface area contributed by atoms with Crippen LogP contribution >= 0.6 is 0 Å². The molecule has 0 bridgehead atoms. The molecular formula is C15H20N2O2. The van der Waals surface area contributed by atoms with E-state index in [0.717, 1.165) is 36.9 Å². The number of carbonyl (C=O) groups excluding carboxylic acids is 1. The van der Waals surface area contributed by atoms with Gasteiger partial charge in [0.05, 0.1) is 0 Å².